The van der Waals surface area contributed by atoms with E-state index in [1.807, 2.05) is 6.92 Å². The smallest absolute Gasteiger partial charge is 0.0825 e. The highest BCUT2D eigenvalue weighted by Crippen LogP contribution is 1.62. The molecule has 5 heteroatoms. The van der Waals surface area contributed by atoms with Crippen molar-refractivity contribution in [1.29, 1.82) is 0 Å². The van der Waals surface area contributed by atoms with Crippen molar-refractivity contribution in [2.45, 2.75) is 13.1 Å². The van der Waals surface area contributed by atoms with Gasteiger partial charge in [0.1, 0.15) is 0 Å². The van der Waals surface area contributed by atoms with E-state index in [9.17, 15) is 0 Å². The van der Waals surface area contributed by atoms with Crippen LogP contribution in [-0.2, 0) is 0 Å². The van der Waals surface area contributed by atoms with Gasteiger partial charge in [-0.3, -0.25) is 5.43 Å². The normalized spacial score (nSPS) is 13.9. The van der Waals surface area contributed by atoms with E-state index in [-0.39, 0.29) is 6.17 Å². The number of hydrogen-bond acceptors (Lipinski definition) is 5. The molecule has 0 aliphatic rings. The number of nitrogens with one attached hydrogen (secondary N) is 4. The summed E-state index contributed by atoms with van der Waals surface area (Å²) in [7, 11) is 1.75. The predicted octanol–water partition coefficient (Wildman–Crippen LogP) is -1.46. The van der Waals surface area contributed by atoms with Crippen LogP contribution in [0.5, 0.6) is 0 Å². The van der Waals surface area contributed by atoms with Crippen LogP contribution in [0.3, 0.4) is 0 Å². The van der Waals surface area contributed by atoms with Crippen LogP contribution in [0.2, 0.25) is 0 Å². The third kappa shape index (κ3) is 3.97. The van der Waals surface area contributed by atoms with Gasteiger partial charge in [0, 0.05) is 0 Å². The summed E-state index contributed by atoms with van der Waals surface area (Å²) in [6.45, 7) is 1.83. The highest BCUT2D eigenvalue weighted by molar-refractivity contribution is 4.43. The second kappa shape index (κ2) is 4.95. The lowest BCUT2D eigenvalue weighted by atomic mass is 10.6. The first-order chi connectivity index (χ1) is 3.81. The Bertz CT molecular complexity index is 44.5. The molecule has 0 saturated carbocycles. The van der Waals surface area contributed by atoms with Gasteiger partial charge in [-0.2, -0.15) is 0 Å². The van der Waals surface area contributed by atoms with Crippen molar-refractivity contribution in [2.24, 2.45) is 0 Å². The third-order valence-corrected chi connectivity index (χ3v) is 0.642. The van der Waals surface area contributed by atoms with Gasteiger partial charge < -0.3 is 5.21 Å². The van der Waals surface area contributed by atoms with Gasteiger partial charge in [0.15, 0.2) is 0 Å². The fourth-order valence-electron chi connectivity index (χ4n) is 0.349. The molecule has 50 valence electrons. The Morgan fingerprint density at radius 1 is 1.38 bits per heavy atom. The first kappa shape index (κ1) is 7.80. The van der Waals surface area contributed by atoms with E-state index < -0.39 is 0 Å². The molecule has 0 amide bonds. The Morgan fingerprint density at radius 3 is 2.38 bits per heavy atom. The average molecular weight is 120 g/mol. The van der Waals surface area contributed by atoms with E-state index in [1.54, 1.807) is 12.6 Å². The second-order valence-corrected chi connectivity index (χ2v) is 1.37. The molecule has 0 aliphatic heterocycles. The van der Waals surface area contributed by atoms with Gasteiger partial charge in [-0.05, 0) is 14.0 Å². The molecule has 1 atom stereocenters. The molecule has 0 bridgehead atoms. The molecule has 0 rings (SSSR count). The zero-order valence-corrected chi connectivity index (χ0v) is 5.02. The largest absolute Gasteiger partial charge is 0.302 e. The van der Waals surface area contributed by atoms with Crippen LogP contribution in [0.15, 0.2) is 0 Å². The minimum Gasteiger partial charge on any atom is -0.302 e. The van der Waals surface area contributed by atoms with Crippen molar-refractivity contribution in [3.05, 3.63) is 0 Å². The lowest BCUT2D eigenvalue weighted by Crippen LogP contribution is -2.50. The quantitative estimate of drug-likeness (QED) is 0.232. The summed E-state index contributed by atoms with van der Waals surface area (Å²) in [4.78, 5) is 0. The van der Waals surface area contributed by atoms with E-state index in [1.165, 1.54) is 0 Å². The maximum Gasteiger partial charge on any atom is 0.0825 e. The minimum absolute atomic E-state index is 0.00926. The Morgan fingerprint density at radius 2 is 2.00 bits per heavy atom. The molecule has 0 aliphatic carbocycles. The molecule has 0 heterocycles. The first-order valence-electron chi connectivity index (χ1n) is 2.38. The van der Waals surface area contributed by atoms with Gasteiger partial charge in [0.05, 0.1) is 6.17 Å². The van der Waals surface area contributed by atoms with Crippen LogP contribution in [0.1, 0.15) is 6.92 Å². The highest BCUT2D eigenvalue weighted by atomic mass is 16.5. The molecule has 5 N–H and O–H groups in total. The monoisotopic (exact) mass is 120 g/mol. The summed E-state index contributed by atoms with van der Waals surface area (Å²) in [5.74, 6) is 0. The summed E-state index contributed by atoms with van der Waals surface area (Å²) in [5, 5.41) is 8.03. The number of hydrogen-bond donors (Lipinski definition) is 5. The Balaban J connectivity index is 2.92. The van der Waals surface area contributed by atoms with Crippen molar-refractivity contribution in [1.82, 2.24) is 21.9 Å². The minimum atomic E-state index is -0.00926. The van der Waals surface area contributed by atoms with Crippen molar-refractivity contribution < 1.29 is 5.21 Å². The van der Waals surface area contributed by atoms with Gasteiger partial charge in [-0.1, -0.05) is 0 Å². The van der Waals surface area contributed by atoms with Crippen LogP contribution in [-0.4, -0.2) is 18.4 Å². The van der Waals surface area contributed by atoms with Crippen LogP contribution < -0.4 is 21.9 Å². The van der Waals surface area contributed by atoms with Crippen LogP contribution in [0.25, 0.3) is 0 Å². The molecular weight excluding hydrogens is 108 g/mol. The first-order valence-corrected chi connectivity index (χ1v) is 2.38. The molecule has 0 fully saturated rings. The molecule has 0 radical (unpaired) electrons. The standard InChI is InChI=1S/C3H12N4O/c1-3(5-4-2)6-7-8/h3-8H,1-2H3. The van der Waals surface area contributed by atoms with Gasteiger partial charge in [0.25, 0.3) is 0 Å². The lowest BCUT2D eigenvalue weighted by molar-refractivity contribution is 0.0978. The average Bonchev–Trinajstić information content (AvgIpc) is 1.68. The van der Waals surface area contributed by atoms with Crippen molar-refractivity contribution in [3.8, 4) is 0 Å². The predicted molar refractivity (Wildman–Crippen MR) is 29.7 cm³/mol. The highest BCUT2D eigenvalue weighted by Gasteiger charge is 1.91. The van der Waals surface area contributed by atoms with Gasteiger partial charge in [-0.25, -0.2) is 10.9 Å². The molecule has 0 saturated heterocycles. The molecule has 0 aromatic heterocycles. The fraction of sp³-hybridized carbons (Fsp3) is 1.00. The summed E-state index contributed by atoms with van der Waals surface area (Å²) in [6.07, 6.45) is -0.00926. The van der Waals surface area contributed by atoms with Gasteiger partial charge in [-0.15, -0.1) is 5.59 Å². The molecule has 0 aromatic rings. The van der Waals surface area contributed by atoms with Gasteiger partial charge in [0.2, 0.25) is 0 Å². The molecule has 0 spiro atoms. The topological polar surface area (TPSA) is 68.3 Å². The molecule has 1 unspecified atom stereocenters. The fourth-order valence-corrected chi connectivity index (χ4v) is 0.349. The summed E-state index contributed by atoms with van der Waals surface area (Å²) in [6, 6.07) is 0. The van der Waals surface area contributed by atoms with E-state index in [2.05, 4.69) is 16.3 Å². The van der Waals surface area contributed by atoms with E-state index in [0.29, 0.717) is 0 Å². The maximum atomic E-state index is 8.03. The summed E-state index contributed by atoms with van der Waals surface area (Å²) >= 11 is 0. The van der Waals surface area contributed by atoms with Crippen LogP contribution in [0.4, 0.5) is 0 Å². The van der Waals surface area contributed by atoms with Crippen molar-refractivity contribution >= 4 is 0 Å². The third-order valence-electron chi connectivity index (χ3n) is 0.642. The Hall–Kier alpha value is -0.200. The van der Waals surface area contributed by atoms with E-state index >= 15 is 0 Å². The van der Waals surface area contributed by atoms with Crippen molar-refractivity contribution in [3.63, 3.8) is 0 Å². The van der Waals surface area contributed by atoms with Crippen LogP contribution >= 0.6 is 0 Å². The zero-order valence-electron chi connectivity index (χ0n) is 5.02. The zero-order chi connectivity index (χ0) is 6.41. The Kier molecular flexibility index (Phi) is 4.82. The Labute approximate surface area is 48.4 Å². The van der Waals surface area contributed by atoms with E-state index in [4.69, 9.17) is 5.21 Å². The van der Waals surface area contributed by atoms with Crippen molar-refractivity contribution in [2.75, 3.05) is 7.05 Å². The van der Waals surface area contributed by atoms with Gasteiger partial charge >= 0.3 is 0 Å². The lowest BCUT2D eigenvalue weighted by Gasteiger charge is -2.11. The second-order valence-electron chi connectivity index (χ2n) is 1.37. The maximum absolute atomic E-state index is 8.03. The molecule has 0 aromatic carbocycles. The van der Waals surface area contributed by atoms with Crippen LogP contribution in [0, 0.1) is 0 Å². The summed E-state index contributed by atoms with van der Waals surface area (Å²) in [5.41, 5.74) is 9.73. The molecule has 8 heavy (non-hydrogen) atoms. The van der Waals surface area contributed by atoms with E-state index in [0.717, 1.165) is 0 Å². The number of rotatable bonds is 4. The SMILES string of the molecule is CNNC(C)NNO. The summed E-state index contributed by atoms with van der Waals surface area (Å²) < 4.78 is 0. The molecular formula is C3H12N4O. The molecule has 5 nitrogen and oxygen atoms in total. The number of hydrazine groups is 2.